The number of H-pyrrole nitrogens is 1. The molecule has 34 heavy (non-hydrogen) atoms. The number of anilines is 2. The number of halogens is 4. The topological polar surface area (TPSA) is 92.3 Å². The Morgan fingerprint density at radius 2 is 1.76 bits per heavy atom. The quantitative estimate of drug-likeness (QED) is 0.227. The van der Waals surface area contributed by atoms with E-state index < -0.39 is 11.7 Å². The van der Waals surface area contributed by atoms with E-state index >= 15 is 0 Å². The molecule has 0 spiro atoms. The molecule has 0 saturated carbocycles. The number of aromatic amines is 1. The number of aryl methyl sites for hydroxylation is 1. The fraction of sp³-hybridized carbons (Fsp3) is 0.261. The van der Waals surface area contributed by atoms with Gasteiger partial charge in [-0.2, -0.15) is 18.2 Å². The Bertz CT molecular complexity index is 1260. The van der Waals surface area contributed by atoms with Gasteiger partial charge in [-0.05, 0) is 48.8 Å². The Morgan fingerprint density at radius 3 is 2.53 bits per heavy atom. The summed E-state index contributed by atoms with van der Waals surface area (Å²) in [4.78, 5) is 19.4. The van der Waals surface area contributed by atoms with Gasteiger partial charge in [-0.15, -0.1) is 5.10 Å². The molecule has 0 bridgehead atoms. The minimum absolute atomic E-state index is 0.0316. The zero-order chi connectivity index (χ0) is 24.1. The van der Waals surface area contributed by atoms with E-state index in [1.165, 1.54) is 12.1 Å². The van der Waals surface area contributed by atoms with E-state index in [2.05, 4.69) is 58.0 Å². The number of hydrogen-bond donors (Lipinski definition) is 2. The third-order valence-corrected chi connectivity index (χ3v) is 5.31. The van der Waals surface area contributed by atoms with Crippen molar-refractivity contribution in [2.45, 2.75) is 31.9 Å². The van der Waals surface area contributed by atoms with Crippen LogP contribution in [0.5, 0.6) is 0 Å². The van der Waals surface area contributed by atoms with Crippen LogP contribution in [0.4, 0.5) is 24.9 Å². The van der Waals surface area contributed by atoms with E-state index in [4.69, 9.17) is 0 Å². The van der Waals surface area contributed by atoms with E-state index in [0.29, 0.717) is 18.1 Å². The SMILES string of the molecule is CI.FC(F)(F)c1ccccc1-c1nc2c(c(Nc3n[nH]c(-c4cccnc4)n3)n1)CCCC2. The number of nitrogens with one attached hydrogen (secondary N) is 2. The van der Waals surface area contributed by atoms with Crippen molar-refractivity contribution in [2.75, 3.05) is 10.2 Å². The zero-order valence-electron chi connectivity index (χ0n) is 18.2. The first kappa shape index (κ1) is 24.0. The van der Waals surface area contributed by atoms with Crippen LogP contribution in [0.3, 0.4) is 0 Å². The molecule has 1 aromatic carbocycles. The highest BCUT2D eigenvalue weighted by Crippen LogP contribution is 2.37. The molecule has 1 aliphatic carbocycles. The predicted octanol–water partition coefficient (Wildman–Crippen LogP) is 6.02. The van der Waals surface area contributed by atoms with Crippen molar-refractivity contribution in [1.82, 2.24) is 30.1 Å². The van der Waals surface area contributed by atoms with Crippen LogP contribution in [0.15, 0.2) is 48.8 Å². The van der Waals surface area contributed by atoms with Crippen LogP contribution in [-0.2, 0) is 19.0 Å². The van der Waals surface area contributed by atoms with Crippen molar-refractivity contribution in [3.8, 4) is 22.8 Å². The summed E-state index contributed by atoms with van der Waals surface area (Å²) in [5, 5.41) is 10.1. The molecular formula is C23H21F3IN7. The molecule has 4 aromatic rings. The van der Waals surface area contributed by atoms with Crippen LogP contribution in [-0.4, -0.2) is 35.1 Å². The van der Waals surface area contributed by atoms with Crippen LogP contribution in [0.1, 0.15) is 29.7 Å². The van der Waals surface area contributed by atoms with Crippen molar-refractivity contribution in [1.29, 1.82) is 0 Å². The summed E-state index contributed by atoms with van der Waals surface area (Å²) >= 11 is 2.15. The molecule has 3 heterocycles. The van der Waals surface area contributed by atoms with Crippen molar-refractivity contribution >= 4 is 34.4 Å². The second-order valence-corrected chi connectivity index (χ2v) is 7.45. The Morgan fingerprint density at radius 1 is 0.971 bits per heavy atom. The molecule has 0 aliphatic heterocycles. The highest BCUT2D eigenvalue weighted by atomic mass is 127. The first-order valence-electron chi connectivity index (χ1n) is 10.5. The molecule has 0 radical (unpaired) electrons. The van der Waals surface area contributed by atoms with Crippen molar-refractivity contribution in [3.05, 3.63) is 65.6 Å². The summed E-state index contributed by atoms with van der Waals surface area (Å²) in [6.07, 6.45) is 2.11. The van der Waals surface area contributed by atoms with E-state index in [1.807, 2.05) is 11.0 Å². The molecule has 0 fully saturated rings. The van der Waals surface area contributed by atoms with Gasteiger partial charge in [0.25, 0.3) is 0 Å². The summed E-state index contributed by atoms with van der Waals surface area (Å²) in [7, 11) is 0. The normalized spacial score (nSPS) is 13.0. The minimum atomic E-state index is -4.51. The highest BCUT2D eigenvalue weighted by Gasteiger charge is 2.34. The molecule has 11 heteroatoms. The molecule has 0 atom stereocenters. The summed E-state index contributed by atoms with van der Waals surface area (Å²) in [5.41, 5.74) is 1.58. The summed E-state index contributed by atoms with van der Waals surface area (Å²) in [5.74, 6) is 1.25. The lowest BCUT2D eigenvalue weighted by Crippen LogP contribution is -2.14. The second kappa shape index (κ2) is 10.5. The monoisotopic (exact) mass is 579 g/mol. The fourth-order valence-electron chi connectivity index (χ4n) is 3.80. The van der Waals surface area contributed by atoms with E-state index in [1.54, 1.807) is 24.5 Å². The number of hydrogen-bond acceptors (Lipinski definition) is 6. The van der Waals surface area contributed by atoms with Crippen LogP contribution in [0.25, 0.3) is 22.8 Å². The van der Waals surface area contributed by atoms with Crippen LogP contribution in [0, 0.1) is 0 Å². The lowest BCUT2D eigenvalue weighted by atomic mass is 9.96. The number of alkyl halides is 4. The molecule has 0 unspecified atom stereocenters. The third kappa shape index (κ3) is 5.18. The number of fused-ring (bicyclic) bond motifs is 1. The number of aromatic nitrogens is 6. The van der Waals surface area contributed by atoms with Gasteiger partial charge in [0.05, 0.1) is 5.56 Å². The number of pyridine rings is 1. The van der Waals surface area contributed by atoms with Gasteiger partial charge in [0.1, 0.15) is 5.82 Å². The lowest BCUT2D eigenvalue weighted by molar-refractivity contribution is -0.137. The van der Waals surface area contributed by atoms with Crippen molar-refractivity contribution in [2.24, 2.45) is 0 Å². The number of rotatable bonds is 4. The van der Waals surface area contributed by atoms with Crippen LogP contribution in [0.2, 0.25) is 0 Å². The summed E-state index contributed by atoms with van der Waals surface area (Å²) in [6, 6.07) is 8.98. The third-order valence-electron chi connectivity index (χ3n) is 5.31. The molecular weight excluding hydrogens is 558 g/mol. The van der Waals surface area contributed by atoms with Gasteiger partial charge in [0, 0.05) is 34.8 Å². The van der Waals surface area contributed by atoms with Crippen LogP contribution < -0.4 is 5.32 Å². The predicted molar refractivity (Wildman–Crippen MR) is 132 cm³/mol. The average Bonchev–Trinajstić information content (AvgIpc) is 3.34. The number of benzene rings is 1. The van der Waals surface area contributed by atoms with Crippen molar-refractivity contribution < 1.29 is 13.2 Å². The van der Waals surface area contributed by atoms with E-state index in [9.17, 15) is 13.2 Å². The first-order chi connectivity index (χ1) is 16.5. The van der Waals surface area contributed by atoms with Gasteiger partial charge < -0.3 is 5.32 Å². The van der Waals surface area contributed by atoms with Gasteiger partial charge in [0.2, 0.25) is 5.95 Å². The summed E-state index contributed by atoms with van der Waals surface area (Å²) in [6.45, 7) is 0. The Labute approximate surface area is 207 Å². The molecule has 1 aliphatic rings. The molecule has 5 rings (SSSR count). The maximum Gasteiger partial charge on any atom is 0.417 e. The molecule has 0 saturated heterocycles. The fourth-order valence-corrected chi connectivity index (χ4v) is 3.80. The smallest absolute Gasteiger partial charge is 0.307 e. The van der Waals surface area contributed by atoms with Crippen LogP contribution >= 0.6 is 22.6 Å². The standard InChI is InChI=1S/C22H18F3N7.CH3I/c23-22(24,25)16-9-3-1-7-14(16)19-27-17-10-4-2-8-15(17)20(28-19)30-21-29-18(31-32-21)13-6-5-11-26-12-13;1-2/h1,3,5-7,9,11-12H,2,4,8,10H2,(H2,27,28,29,30,31,32);1H3. The lowest BCUT2D eigenvalue weighted by Gasteiger charge is -2.20. The van der Waals surface area contributed by atoms with Gasteiger partial charge in [-0.3, -0.25) is 10.1 Å². The molecule has 0 amide bonds. The first-order valence-corrected chi connectivity index (χ1v) is 12.7. The van der Waals surface area contributed by atoms with Gasteiger partial charge >= 0.3 is 6.18 Å². The Balaban J connectivity index is 0.00000133. The zero-order valence-corrected chi connectivity index (χ0v) is 20.4. The minimum Gasteiger partial charge on any atom is -0.307 e. The molecule has 2 N–H and O–H groups in total. The Hall–Kier alpha value is -3.09. The molecule has 7 nitrogen and oxygen atoms in total. The largest absolute Gasteiger partial charge is 0.417 e. The maximum absolute atomic E-state index is 13.6. The second-order valence-electron chi connectivity index (χ2n) is 7.45. The highest BCUT2D eigenvalue weighted by molar-refractivity contribution is 14.1. The summed E-state index contributed by atoms with van der Waals surface area (Å²) < 4.78 is 40.8. The Kier molecular flexibility index (Phi) is 7.39. The van der Waals surface area contributed by atoms with Gasteiger partial charge in [-0.25, -0.2) is 9.97 Å². The molecule has 3 aromatic heterocycles. The average molecular weight is 579 g/mol. The van der Waals surface area contributed by atoms with Gasteiger partial charge in [0.15, 0.2) is 11.6 Å². The van der Waals surface area contributed by atoms with E-state index in [0.717, 1.165) is 42.1 Å². The molecule has 176 valence electrons. The maximum atomic E-state index is 13.6. The van der Waals surface area contributed by atoms with E-state index in [-0.39, 0.29) is 17.3 Å². The van der Waals surface area contributed by atoms with Crippen molar-refractivity contribution in [3.63, 3.8) is 0 Å². The number of nitrogens with zero attached hydrogens (tertiary/aromatic N) is 5. The van der Waals surface area contributed by atoms with Gasteiger partial charge in [-0.1, -0.05) is 40.8 Å².